The first-order valence-corrected chi connectivity index (χ1v) is 6.04. The van der Waals surface area contributed by atoms with Crippen molar-refractivity contribution in [3.8, 4) is 0 Å². The summed E-state index contributed by atoms with van der Waals surface area (Å²) in [4.78, 5) is 0. The second-order valence-electron chi connectivity index (χ2n) is 2.70. The Labute approximate surface area is 67.5 Å². The number of ether oxygens (including phenoxy) is 1. The van der Waals surface area contributed by atoms with Crippen molar-refractivity contribution in [2.24, 2.45) is 0 Å². The van der Waals surface area contributed by atoms with Crippen LogP contribution in [0.25, 0.3) is 0 Å². The molecule has 1 unspecified atom stereocenters. The largest absolute Gasteiger partial charge is 0.371 e. The summed E-state index contributed by atoms with van der Waals surface area (Å²) < 4.78 is 21.8. The topological polar surface area (TPSA) is 38.8 Å². The number of rotatable bonds is 5. The maximum atomic E-state index is 11.6. The molecule has 0 N–H and O–H groups in total. The second-order valence-corrected chi connectivity index (χ2v) is 5.85. The highest BCUT2D eigenvalue weighted by Gasteiger charge is 2.27. The van der Waals surface area contributed by atoms with Crippen LogP contribution in [-0.4, -0.2) is 31.6 Å². The first kappa shape index (κ1) is 9.24. The van der Waals surface area contributed by atoms with Gasteiger partial charge in [0.05, 0.1) is 13.2 Å². The molecule has 0 spiro atoms. The summed E-state index contributed by atoms with van der Waals surface area (Å²) in [6, 6.07) is 0. The molecule has 0 amide bonds. The minimum Gasteiger partial charge on any atom is -0.371 e. The van der Waals surface area contributed by atoms with Gasteiger partial charge in [-0.2, -0.15) is 0 Å². The molecule has 0 aliphatic carbocycles. The minimum atomic E-state index is -2.28. The quantitative estimate of drug-likeness (QED) is 0.475. The maximum Gasteiger partial charge on any atom is 0.202 e. The average molecular weight is 178 g/mol. The molecule has 1 aliphatic rings. The zero-order valence-corrected chi connectivity index (χ0v) is 7.97. The molecule has 11 heavy (non-hydrogen) atoms. The molecule has 4 heteroatoms. The Morgan fingerprint density at radius 1 is 1.55 bits per heavy atom. The molecule has 0 bridgehead atoms. The predicted octanol–water partition coefficient (Wildman–Crippen LogP) is 1.72. The van der Waals surface area contributed by atoms with Crippen LogP contribution in [0.2, 0.25) is 0 Å². The van der Waals surface area contributed by atoms with Gasteiger partial charge in [-0.1, -0.05) is 13.8 Å². The molecule has 1 atom stereocenters. The number of hydrogen-bond donors (Lipinski definition) is 0. The lowest BCUT2D eigenvalue weighted by Crippen LogP contribution is -2.02. The van der Waals surface area contributed by atoms with E-state index in [0.717, 1.165) is 6.61 Å². The van der Waals surface area contributed by atoms with Crippen LogP contribution >= 0.6 is 7.37 Å². The highest BCUT2D eigenvalue weighted by Crippen LogP contribution is 2.46. The summed E-state index contributed by atoms with van der Waals surface area (Å²) in [5, 5.41) is 0. The molecule has 1 heterocycles. The average Bonchev–Trinajstić information content (AvgIpc) is 2.83. The van der Waals surface area contributed by atoms with Crippen molar-refractivity contribution in [2.45, 2.75) is 20.0 Å². The van der Waals surface area contributed by atoms with Crippen molar-refractivity contribution in [3.63, 3.8) is 0 Å². The molecule has 3 nitrogen and oxygen atoms in total. The highest BCUT2D eigenvalue weighted by molar-refractivity contribution is 7.58. The molecular formula is C7H15O3P. The van der Waals surface area contributed by atoms with Gasteiger partial charge in [0.2, 0.25) is 7.37 Å². The zero-order valence-electron chi connectivity index (χ0n) is 7.08. The Morgan fingerprint density at radius 3 is 2.45 bits per heavy atom. The normalized spacial score (nSPS) is 23.6. The molecule has 0 aromatic heterocycles. The van der Waals surface area contributed by atoms with E-state index >= 15 is 0 Å². The summed E-state index contributed by atoms with van der Waals surface area (Å²) in [6.07, 6.45) is 1.49. The lowest BCUT2D eigenvalue weighted by atomic mass is 10.5. The number of epoxide rings is 1. The Bertz CT molecular complexity index is 157. The Hall–Kier alpha value is 0.150. The van der Waals surface area contributed by atoms with Crippen molar-refractivity contribution < 1.29 is 13.8 Å². The van der Waals surface area contributed by atoms with Gasteiger partial charge in [0.1, 0.15) is 6.10 Å². The Morgan fingerprint density at radius 2 is 2.09 bits per heavy atom. The molecule has 1 aliphatic heterocycles. The van der Waals surface area contributed by atoms with Crippen LogP contribution in [0.1, 0.15) is 13.8 Å². The van der Waals surface area contributed by atoms with E-state index in [-0.39, 0.29) is 6.10 Å². The molecular weight excluding hydrogens is 163 g/mol. The van der Waals surface area contributed by atoms with Gasteiger partial charge in [0.15, 0.2) is 0 Å². The lowest BCUT2D eigenvalue weighted by molar-refractivity contribution is 0.263. The van der Waals surface area contributed by atoms with Crippen molar-refractivity contribution in [3.05, 3.63) is 0 Å². The highest BCUT2D eigenvalue weighted by atomic mass is 31.2. The van der Waals surface area contributed by atoms with Gasteiger partial charge in [-0.3, -0.25) is 4.57 Å². The predicted molar refractivity (Wildman–Crippen MR) is 44.4 cm³/mol. The van der Waals surface area contributed by atoms with Gasteiger partial charge in [-0.05, 0) is 0 Å². The Kier molecular flexibility index (Phi) is 3.11. The Balaban J connectivity index is 2.24. The summed E-state index contributed by atoms with van der Waals surface area (Å²) in [5.74, 6) is 0. The third kappa shape index (κ3) is 2.94. The third-order valence-corrected chi connectivity index (χ3v) is 4.41. The summed E-state index contributed by atoms with van der Waals surface area (Å²) in [5.41, 5.74) is 0. The fourth-order valence-electron chi connectivity index (χ4n) is 0.789. The molecule has 0 aromatic rings. The van der Waals surface area contributed by atoms with Crippen molar-refractivity contribution in [2.75, 3.05) is 25.5 Å². The van der Waals surface area contributed by atoms with Crippen LogP contribution < -0.4 is 0 Å². The van der Waals surface area contributed by atoms with Crippen LogP contribution in [-0.2, 0) is 13.8 Å². The molecule has 0 aromatic carbocycles. The van der Waals surface area contributed by atoms with Gasteiger partial charge >= 0.3 is 0 Å². The van der Waals surface area contributed by atoms with E-state index in [2.05, 4.69) is 0 Å². The number of hydrogen-bond acceptors (Lipinski definition) is 3. The van der Waals surface area contributed by atoms with E-state index in [1.54, 1.807) is 0 Å². The first-order chi connectivity index (χ1) is 5.20. The molecule has 0 radical (unpaired) electrons. The van der Waals surface area contributed by atoms with Crippen LogP contribution in [0.3, 0.4) is 0 Å². The molecule has 1 saturated heterocycles. The zero-order chi connectivity index (χ0) is 8.32. The summed E-state index contributed by atoms with van der Waals surface area (Å²) in [6.45, 7) is 5.09. The van der Waals surface area contributed by atoms with Crippen molar-refractivity contribution in [1.82, 2.24) is 0 Å². The minimum absolute atomic E-state index is 0.224. The van der Waals surface area contributed by atoms with Crippen LogP contribution in [0.15, 0.2) is 0 Å². The SMILES string of the molecule is CCP(=O)(CC)OCC1CO1. The van der Waals surface area contributed by atoms with Gasteiger partial charge in [-0.25, -0.2) is 0 Å². The van der Waals surface area contributed by atoms with E-state index in [0.29, 0.717) is 18.9 Å². The third-order valence-electron chi connectivity index (χ3n) is 1.86. The molecule has 0 saturated carbocycles. The van der Waals surface area contributed by atoms with Gasteiger partial charge in [-0.15, -0.1) is 0 Å². The first-order valence-electron chi connectivity index (χ1n) is 4.04. The molecule has 66 valence electrons. The smallest absolute Gasteiger partial charge is 0.202 e. The van der Waals surface area contributed by atoms with Crippen LogP contribution in [0, 0.1) is 0 Å². The summed E-state index contributed by atoms with van der Waals surface area (Å²) in [7, 11) is -2.28. The van der Waals surface area contributed by atoms with Gasteiger partial charge in [0.25, 0.3) is 0 Å². The van der Waals surface area contributed by atoms with Crippen molar-refractivity contribution >= 4 is 7.37 Å². The van der Waals surface area contributed by atoms with Gasteiger partial charge < -0.3 is 9.26 Å². The van der Waals surface area contributed by atoms with Crippen LogP contribution in [0.5, 0.6) is 0 Å². The van der Waals surface area contributed by atoms with Gasteiger partial charge in [0, 0.05) is 12.3 Å². The fourth-order valence-corrected chi connectivity index (χ4v) is 2.04. The maximum absolute atomic E-state index is 11.6. The summed E-state index contributed by atoms with van der Waals surface area (Å²) >= 11 is 0. The van der Waals surface area contributed by atoms with E-state index in [1.165, 1.54) is 0 Å². The van der Waals surface area contributed by atoms with Crippen LogP contribution in [0.4, 0.5) is 0 Å². The molecule has 1 rings (SSSR count). The second kappa shape index (κ2) is 3.70. The molecule has 1 fully saturated rings. The van der Waals surface area contributed by atoms with E-state index in [9.17, 15) is 4.57 Å². The van der Waals surface area contributed by atoms with Crippen molar-refractivity contribution in [1.29, 1.82) is 0 Å². The lowest BCUT2D eigenvalue weighted by Gasteiger charge is -2.13. The fraction of sp³-hybridized carbons (Fsp3) is 1.00. The standard InChI is InChI=1S/C7H15O3P/c1-3-11(8,4-2)10-6-7-5-9-7/h7H,3-6H2,1-2H3. The monoisotopic (exact) mass is 178 g/mol. The van der Waals surface area contributed by atoms with E-state index in [4.69, 9.17) is 9.26 Å². The van der Waals surface area contributed by atoms with E-state index in [1.807, 2.05) is 13.8 Å². The van der Waals surface area contributed by atoms with E-state index < -0.39 is 7.37 Å².